The Hall–Kier alpha value is -2.77. The number of amides is 1. The highest BCUT2D eigenvalue weighted by molar-refractivity contribution is 7.14. The van der Waals surface area contributed by atoms with Crippen LogP contribution in [0.4, 0.5) is 9.52 Å². The van der Waals surface area contributed by atoms with Crippen LogP contribution in [0.2, 0.25) is 0 Å². The van der Waals surface area contributed by atoms with E-state index in [-0.39, 0.29) is 18.3 Å². The normalized spacial score (nSPS) is 11.0. The molecule has 31 heavy (non-hydrogen) atoms. The van der Waals surface area contributed by atoms with E-state index in [1.807, 2.05) is 35.7 Å². The third-order valence-electron chi connectivity index (χ3n) is 5.02. The van der Waals surface area contributed by atoms with E-state index in [0.717, 1.165) is 37.3 Å². The molecular formula is C24H28FN3O2S. The predicted molar refractivity (Wildman–Crippen MR) is 124 cm³/mol. The number of ether oxygens (including phenoxy) is 1. The number of rotatable bonds is 11. The second kappa shape index (κ2) is 11.6. The average Bonchev–Trinajstić information content (AvgIpc) is 3.28. The maximum atomic E-state index is 13.2. The lowest BCUT2D eigenvalue weighted by Gasteiger charge is -2.23. The van der Waals surface area contributed by atoms with Gasteiger partial charge in [0.2, 0.25) is 0 Å². The minimum Gasteiger partial charge on any atom is -0.484 e. The van der Waals surface area contributed by atoms with Crippen molar-refractivity contribution in [2.75, 3.05) is 37.7 Å². The number of anilines is 1. The number of hydrogen-bond acceptors (Lipinski definition) is 5. The first-order valence-corrected chi connectivity index (χ1v) is 11.4. The molecule has 0 atom stereocenters. The second-order valence-corrected chi connectivity index (χ2v) is 7.89. The number of benzene rings is 2. The minimum absolute atomic E-state index is 0.0548. The highest BCUT2D eigenvalue weighted by Crippen LogP contribution is 2.28. The summed E-state index contributed by atoms with van der Waals surface area (Å²) in [6.07, 6.45) is 0.838. The van der Waals surface area contributed by atoms with E-state index in [4.69, 9.17) is 4.74 Å². The van der Waals surface area contributed by atoms with Crippen LogP contribution in [0.25, 0.3) is 11.3 Å². The summed E-state index contributed by atoms with van der Waals surface area (Å²) in [5.41, 5.74) is 1.55. The monoisotopic (exact) mass is 441 g/mol. The Morgan fingerprint density at radius 3 is 2.42 bits per heavy atom. The molecule has 1 aromatic heterocycles. The number of hydrogen-bond donors (Lipinski definition) is 0. The van der Waals surface area contributed by atoms with Crippen LogP contribution in [-0.4, -0.2) is 48.6 Å². The standard InChI is InChI=1S/C24H28FN3O2S/c1-3-27(4-2)15-8-16-28(23(29)17-30-21-9-6-5-7-10-21)24-26-22(18-31-24)19-11-13-20(25)14-12-19/h5-7,9-14,18H,3-4,8,15-17H2,1-2H3. The highest BCUT2D eigenvalue weighted by Gasteiger charge is 2.20. The van der Waals surface area contributed by atoms with Crippen molar-refractivity contribution < 1.29 is 13.9 Å². The molecule has 7 heteroatoms. The number of carbonyl (C=O) groups is 1. The lowest BCUT2D eigenvalue weighted by Crippen LogP contribution is -2.37. The predicted octanol–water partition coefficient (Wildman–Crippen LogP) is 5.09. The van der Waals surface area contributed by atoms with Crippen molar-refractivity contribution in [1.82, 2.24) is 9.88 Å². The zero-order valence-electron chi connectivity index (χ0n) is 18.0. The molecular weight excluding hydrogens is 413 g/mol. The molecule has 0 unspecified atom stereocenters. The quantitative estimate of drug-likeness (QED) is 0.416. The number of carbonyl (C=O) groups excluding carboxylic acids is 1. The summed E-state index contributed by atoms with van der Waals surface area (Å²) in [4.78, 5) is 21.7. The molecule has 0 N–H and O–H groups in total. The van der Waals surface area contributed by atoms with Gasteiger partial charge in [0.05, 0.1) is 5.69 Å². The molecule has 1 heterocycles. The van der Waals surface area contributed by atoms with Crippen LogP contribution in [-0.2, 0) is 4.79 Å². The fourth-order valence-corrected chi connectivity index (χ4v) is 4.08. The van der Waals surface area contributed by atoms with Crippen LogP contribution >= 0.6 is 11.3 Å². The van der Waals surface area contributed by atoms with E-state index in [1.54, 1.807) is 17.0 Å². The number of halogens is 1. The molecule has 0 aliphatic heterocycles. The van der Waals surface area contributed by atoms with E-state index in [1.165, 1.54) is 23.5 Å². The molecule has 0 saturated heterocycles. The number of para-hydroxylation sites is 1. The summed E-state index contributed by atoms with van der Waals surface area (Å²) in [6, 6.07) is 15.5. The molecule has 0 aliphatic carbocycles. The summed E-state index contributed by atoms with van der Waals surface area (Å²) in [6.45, 7) is 7.64. The largest absolute Gasteiger partial charge is 0.484 e. The first-order chi connectivity index (χ1) is 15.1. The average molecular weight is 442 g/mol. The van der Waals surface area contributed by atoms with Crippen molar-refractivity contribution in [3.63, 3.8) is 0 Å². The fraction of sp³-hybridized carbons (Fsp3) is 0.333. The molecule has 0 aliphatic rings. The van der Waals surface area contributed by atoms with Gasteiger partial charge in [0, 0.05) is 17.5 Å². The smallest absolute Gasteiger partial charge is 0.266 e. The number of nitrogens with zero attached hydrogens (tertiary/aromatic N) is 3. The van der Waals surface area contributed by atoms with Crippen LogP contribution in [0.15, 0.2) is 60.0 Å². The molecule has 5 nitrogen and oxygen atoms in total. The summed E-state index contributed by atoms with van der Waals surface area (Å²) in [7, 11) is 0. The molecule has 0 spiro atoms. The molecule has 2 aromatic carbocycles. The lowest BCUT2D eigenvalue weighted by molar-refractivity contribution is -0.120. The molecule has 0 bridgehead atoms. The summed E-state index contributed by atoms with van der Waals surface area (Å²) < 4.78 is 18.9. The van der Waals surface area contributed by atoms with E-state index in [0.29, 0.717) is 17.4 Å². The van der Waals surface area contributed by atoms with Gasteiger partial charge in [-0.25, -0.2) is 9.37 Å². The summed E-state index contributed by atoms with van der Waals surface area (Å²) in [5.74, 6) is 0.235. The molecule has 0 saturated carbocycles. The fourth-order valence-electron chi connectivity index (χ4n) is 3.20. The van der Waals surface area contributed by atoms with Gasteiger partial charge in [0.15, 0.2) is 11.7 Å². The molecule has 3 rings (SSSR count). The number of aromatic nitrogens is 1. The van der Waals surface area contributed by atoms with Gasteiger partial charge < -0.3 is 9.64 Å². The van der Waals surface area contributed by atoms with Crippen molar-refractivity contribution in [3.05, 3.63) is 65.8 Å². The van der Waals surface area contributed by atoms with Gasteiger partial charge in [-0.3, -0.25) is 9.69 Å². The molecule has 1 amide bonds. The van der Waals surface area contributed by atoms with Gasteiger partial charge in [0.25, 0.3) is 5.91 Å². The van der Waals surface area contributed by atoms with E-state index < -0.39 is 0 Å². The SMILES string of the molecule is CCN(CC)CCCN(C(=O)COc1ccccc1)c1nc(-c2ccc(F)cc2)cs1. The maximum Gasteiger partial charge on any atom is 0.266 e. The first kappa shape index (κ1) is 22.9. The third kappa shape index (κ3) is 6.60. The van der Waals surface area contributed by atoms with Crippen molar-refractivity contribution in [1.29, 1.82) is 0 Å². The Labute approximate surface area is 187 Å². The maximum absolute atomic E-state index is 13.2. The van der Waals surface area contributed by atoms with Crippen molar-refractivity contribution in [2.45, 2.75) is 20.3 Å². The Morgan fingerprint density at radius 1 is 1.03 bits per heavy atom. The Balaban J connectivity index is 1.73. The highest BCUT2D eigenvalue weighted by atomic mass is 32.1. The first-order valence-electron chi connectivity index (χ1n) is 10.5. The van der Waals surface area contributed by atoms with Crippen LogP contribution < -0.4 is 9.64 Å². The molecule has 0 radical (unpaired) electrons. The van der Waals surface area contributed by atoms with Gasteiger partial charge in [0.1, 0.15) is 11.6 Å². The zero-order chi connectivity index (χ0) is 22.1. The van der Waals surface area contributed by atoms with Gasteiger partial charge in [-0.15, -0.1) is 11.3 Å². The van der Waals surface area contributed by atoms with Crippen LogP contribution in [0.5, 0.6) is 5.75 Å². The van der Waals surface area contributed by atoms with Crippen LogP contribution in [0.1, 0.15) is 20.3 Å². The minimum atomic E-state index is -0.287. The summed E-state index contributed by atoms with van der Waals surface area (Å²) >= 11 is 1.41. The molecule has 0 fully saturated rings. The molecule has 164 valence electrons. The van der Waals surface area contributed by atoms with E-state index >= 15 is 0 Å². The number of thiazole rings is 1. The van der Waals surface area contributed by atoms with Crippen molar-refractivity contribution in [2.24, 2.45) is 0 Å². The van der Waals surface area contributed by atoms with Crippen LogP contribution in [0.3, 0.4) is 0 Å². The van der Waals surface area contributed by atoms with Gasteiger partial charge in [-0.1, -0.05) is 32.0 Å². The zero-order valence-corrected chi connectivity index (χ0v) is 18.8. The molecule has 3 aromatic rings. The van der Waals surface area contributed by atoms with Crippen molar-refractivity contribution >= 4 is 22.4 Å². The Morgan fingerprint density at radius 2 is 1.74 bits per heavy atom. The van der Waals surface area contributed by atoms with Gasteiger partial charge >= 0.3 is 0 Å². The second-order valence-electron chi connectivity index (χ2n) is 7.05. The van der Waals surface area contributed by atoms with Gasteiger partial charge in [-0.2, -0.15) is 0 Å². The van der Waals surface area contributed by atoms with E-state index in [9.17, 15) is 9.18 Å². The van der Waals surface area contributed by atoms with Gasteiger partial charge in [-0.05, 0) is 62.5 Å². The van der Waals surface area contributed by atoms with Crippen LogP contribution in [0, 0.1) is 5.82 Å². The Bertz CT molecular complexity index is 943. The third-order valence-corrected chi connectivity index (χ3v) is 5.88. The lowest BCUT2D eigenvalue weighted by atomic mass is 10.2. The topological polar surface area (TPSA) is 45.7 Å². The van der Waals surface area contributed by atoms with Crippen molar-refractivity contribution in [3.8, 4) is 17.0 Å². The summed E-state index contributed by atoms with van der Waals surface area (Å²) in [5, 5.41) is 2.52. The Kier molecular flexibility index (Phi) is 8.55. The van der Waals surface area contributed by atoms with E-state index in [2.05, 4.69) is 23.7 Å².